The molecular formula is C9H9BrF2O. The van der Waals surface area contributed by atoms with E-state index in [9.17, 15) is 8.78 Å². The molecule has 1 aromatic carbocycles. The van der Waals surface area contributed by atoms with E-state index in [1.165, 1.54) is 18.2 Å². The van der Waals surface area contributed by atoms with E-state index in [0.717, 1.165) is 0 Å². The molecule has 0 bridgehead atoms. The molecule has 0 saturated heterocycles. The quantitative estimate of drug-likeness (QED) is 0.746. The summed E-state index contributed by atoms with van der Waals surface area (Å²) in [5.74, 6) is 0.208. The van der Waals surface area contributed by atoms with Gasteiger partial charge < -0.3 is 4.74 Å². The molecule has 72 valence electrons. The maximum Gasteiger partial charge on any atom is 0.133 e. The number of halogens is 3. The van der Waals surface area contributed by atoms with Gasteiger partial charge in [0.25, 0.3) is 0 Å². The Morgan fingerprint density at radius 2 is 2.15 bits per heavy atom. The van der Waals surface area contributed by atoms with Gasteiger partial charge in [-0.05, 0) is 34.1 Å². The Bertz CT molecular complexity index is 278. The zero-order valence-corrected chi connectivity index (χ0v) is 8.48. The predicted molar refractivity (Wildman–Crippen MR) is 50.2 cm³/mol. The summed E-state index contributed by atoms with van der Waals surface area (Å²) in [4.78, 5) is 0. The van der Waals surface area contributed by atoms with Gasteiger partial charge in [-0.25, -0.2) is 4.39 Å². The molecule has 4 heteroatoms. The second-order valence-electron chi connectivity index (χ2n) is 2.47. The Hall–Kier alpha value is -0.640. The van der Waals surface area contributed by atoms with Crippen molar-refractivity contribution >= 4 is 15.9 Å². The van der Waals surface area contributed by atoms with E-state index in [-0.39, 0.29) is 5.82 Å². The molecule has 0 aliphatic rings. The molecule has 0 unspecified atom stereocenters. The van der Waals surface area contributed by atoms with Crippen molar-refractivity contribution in [3.05, 3.63) is 28.5 Å². The minimum atomic E-state index is -0.404. The Labute approximate surface area is 83.8 Å². The van der Waals surface area contributed by atoms with E-state index < -0.39 is 6.67 Å². The highest BCUT2D eigenvalue weighted by Gasteiger charge is 2.01. The first-order valence-corrected chi connectivity index (χ1v) is 4.67. The number of hydrogen-bond acceptors (Lipinski definition) is 1. The monoisotopic (exact) mass is 250 g/mol. The predicted octanol–water partition coefficient (Wildman–Crippen LogP) is 3.33. The van der Waals surface area contributed by atoms with Crippen LogP contribution in [0.4, 0.5) is 8.78 Å². The van der Waals surface area contributed by atoms with Gasteiger partial charge >= 0.3 is 0 Å². The SMILES string of the molecule is FCCCOc1ccc(F)cc1Br. The number of benzene rings is 1. The normalized spacial score (nSPS) is 10.1. The third kappa shape index (κ3) is 3.30. The van der Waals surface area contributed by atoms with Crippen LogP contribution in [0.25, 0.3) is 0 Å². The molecule has 0 N–H and O–H groups in total. The van der Waals surface area contributed by atoms with Gasteiger partial charge in [-0.3, -0.25) is 4.39 Å². The first-order chi connectivity index (χ1) is 6.24. The Kier molecular flexibility index (Phi) is 4.15. The van der Waals surface area contributed by atoms with E-state index in [4.69, 9.17) is 4.74 Å². The average molecular weight is 251 g/mol. The van der Waals surface area contributed by atoms with Crippen molar-refractivity contribution in [1.82, 2.24) is 0 Å². The first kappa shape index (κ1) is 10.4. The van der Waals surface area contributed by atoms with Gasteiger partial charge in [0.15, 0.2) is 0 Å². The highest BCUT2D eigenvalue weighted by atomic mass is 79.9. The summed E-state index contributed by atoms with van der Waals surface area (Å²) >= 11 is 3.14. The van der Waals surface area contributed by atoms with Crippen LogP contribution >= 0.6 is 15.9 Å². The van der Waals surface area contributed by atoms with Gasteiger partial charge in [0.2, 0.25) is 0 Å². The molecule has 0 aliphatic heterocycles. The van der Waals surface area contributed by atoms with Gasteiger partial charge in [-0.15, -0.1) is 0 Å². The Balaban J connectivity index is 2.56. The molecule has 0 fully saturated rings. The van der Waals surface area contributed by atoms with E-state index in [0.29, 0.717) is 23.2 Å². The third-order valence-electron chi connectivity index (χ3n) is 1.43. The average Bonchev–Trinajstić information content (AvgIpc) is 2.09. The molecule has 0 saturated carbocycles. The molecule has 0 aliphatic carbocycles. The fourth-order valence-electron chi connectivity index (χ4n) is 0.829. The number of alkyl halides is 1. The van der Waals surface area contributed by atoms with Crippen molar-refractivity contribution in [2.24, 2.45) is 0 Å². The smallest absolute Gasteiger partial charge is 0.133 e. The zero-order chi connectivity index (χ0) is 9.68. The van der Waals surface area contributed by atoms with Crippen LogP contribution in [0.2, 0.25) is 0 Å². The summed E-state index contributed by atoms with van der Waals surface area (Å²) in [5, 5.41) is 0. The van der Waals surface area contributed by atoms with E-state index in [1.807, 2.05) is 0 Å². The van der Waals surface area contributed by atoms with Crippen LogP contribution in [0.3, 0.4) is 0 Å². The molecule has 0 atom stereocenters. The lowest BCUT2D eigenvalue weighted by Gasteiger charge is -2.06. The summed E-state index contributed by atoms with van der Waals surface area (Å²) in [5.41, 5.74) is 0. The minimum absolute atomic E-state index is 0.306. The molecule has 1 nitrogen and oxygen atoms in total. The lowest BCUT2D eigenvalue weighted by molar-refractivity contribution is 0.288. The summed E-state index contributed by atoms with van der Waals surface area (Å²) in [6, 6.07) is 4.12. The molecule has 1 aromatic rings. The lowest BCUT2D eigenvalue weighted by atomic mass is 10.3. The molecule has 0 amide bonds. The van der Waals surface area contributed by atoms with Crippen LogP contribution in [0.1, 0.15) is 6.42 Å². The summed E-state index contributed by atoms with van der Waals surface area (Å²) in [6.07, 6.45) is 0.351. The summed E-state index contributed by atoms with van der Waals surface area (Å²) in [6.45, 7) is -0.0977. The molecule has 1 rings (SSSR count). The fraction of sp³-hybridized carbons (Fsp3) is 0.333. The summed E-state index contributed by atoms with van der Waals surface area (Å²) < 4.78 is 30.0. The topological polar surface area (TPSA) is 9.23 Å². The minimum Gasteiger partial charge on any atom is -0.492 e. The third-order valence-corrected chi connectivity index (χ3v) is 2.05. The van der Waals surface area contributed by atoms with Crippen molar-refractivity contribution in [2.75, 3.05) is 13.3 Å². The lowest BCUT2D eigenvalue weighted by Crippen LogP contribution is -1.98. The maximum absolute atomic E-state index is 12.6. The standard InChI is InChI=1S/C9H9BrF2O/c10-8-6-7(12)2-3-9(8)13-5-1-4-11/h2-3,6H,1,4-5H2. The highest BCUT2D eigenvalue weighted by Crippen LogP contribution is 2.25. The van der Waals surface area contributed by atoms with Gasteiger partial charge in [0.1, 0.15) is 11.6 Å². The van der Waals surface area contributed by atoms with E-state index >= 15 is 0 Å². The van der Waals surface area contributed by atoms with Gasteiger partial charge in [-0.2, -0.15) is 0 Å². The van der Waals surface area contributed by atoms with Crippen LogP contribution in [0.15, 0.2) is 22.7 Å². The number of ether oxygens (including phenoxy) is 1. The number of rotatable bonds is 4. The van der Waals surface area contributed by atoms with Gasteiger partial charge in [-0.1, -0.05) is 0 Å². The Morgan fingerprint density at radius 1 is 1.38 bits per heavy atom. The van der Waals surface area contributed by atoms with Crippen molar-refractivity contribution in [3.63, 3.8) is 0 Å². The molecule has 0 radical (unpaired) electrons. The summed E-state index contributed by atoms with van der Waals surface area (Å²) in [7, 11) is 0. The van der Waals surface area contributed by atoms with Gasteiger partial charge in [0, 0.05) is 6.42 Å². The van der Waals surface area contributed by atoms with E-state index in [2.05, 4.69) is 15.9 Å². The van der Waals surface area contributed by atoms with Crippen molar-refractivity contribution < 1.29 is 13.5 Å². The first-order valence-electron chi connectivity index (χ1n) is 3.88. The Morgan fingerprint density at radius 3 is 2.77 bits per heavy atom. The van der Waals surface area contributed by atoms with Gasteiger partial charge in [0.05, 0.1) is 17.8 Å². The van der Waals surface area contributed by atoms with E-state index in [1.54, 1.807) is 0 Å². The van der Waals surface area contributed by atoms with Crippen LogP contribution in [-0.4, -0.2) is 13.3 Å². The maximum atomic E-state index is 12.6. The number of hydrogen-bond donors (Lipinski definition) is 0. The second-order valence-corrected chi connectivity index (χ2v) is 3.32. The molecule has 0 heterocycles. The second kappa shape index (κ2) is 5.17. The van der Waals surface area contributed by atoms with Crippen molar-refractivity contribution in [2.45, 2.75) is 6.42 Å². The van der Waals surface area contributed by atoms with Crippen LogP contribution in [0.5, 0.6) is 5.75 Å². The molecule has 0 aromatic heterocycles. The largest absolute Gasteiger partial charge is 0.492 e. The molecule has 0 spiro atoms. The molecular weight excluding hydrogens is 242 g/mol. The highest BCUT2D eigenvalue weighted by molar-refractivity contribution is 9.10. The van der Waals surface area contributed by atoms with Crippen LogP contribution in [0, 0.1) is 5.82 Å². The van der Waals surface area contributed by atoms with Crippen molar-refractivity contribution in [1.29, 1.82) is 0 Å². The molecule has 13 heavy (non-hydrogen) atoms. The van der Waals surface area contributed by atoms with Crippen molar-refractivity contribution in [3.8, 4) is 5.75 Å². The zero-order valence-electron chi connectivity index (χ0n) is 6.90. The van der Waals surface area contributed by atoms with Crippen LogP contribution < -0.4 is 4.74 Å². The fourth-order valence-corrected chi connectivity index (χ4v) is 1.29. The van der Waals surface area contributed by atoms with Crippen LogP contribution in [-0.2, 0) is 0 Å².